The van der Waals surface area contributed by atoms with Crippen molar-refractivity contribution in [1.82, 2.24) is 4.98 Å². The summed E-state index contributed by atoms with van der Waals surface area (Å²) in [5.41, 5.74) is 4.94. The number of hydrogen-bond donors (Lipinski definition) is 1. The molecule has 3 heteroatoms. The van der Waals surface area contributed by atoms with Crippen molar-refractivity contribution in [1.29, 1.82) is 0 Å². The monoisotopic (exact) mass is 308 g/mol. The first kappa shape index (κ1) is 16.8. The van der Waals surface area contributed by atoms with E-state index in [-0.39, 0.29) is 5.56 Å². The number of benzene rings is 1. The number of aromatic amines is 1. The van der Waals surface area contributed by atoms with Gasteiger partial charge in [-0.15, -0.1) is 13.2 Å². The maximum absolute atomic E-state index is 11.9. The number of aryl methyl sites for hydroxylation is 2. The minimum absolute atomic E-state index is 0.0267. The van der Waals surface area contributed by atoms with E-state index in [4.69, 9.17) is 0 Å². The number of nitrogens with one attached hydrogen (secondary N) is 1. The van der Waals surface area contributed by atoms with Crippen LogP contribution in [0.5, 0.6) is 0 Å². The van der Waals surface area contributed by atoms with Gasteiger partial charge in [0.2, 0.25) is 0 Å². The highest BCUT2D eigenvalue weighted by atomic mass is 16.1. The lowest BCUT2D eigenvalue weighted by Gasteiger charge is -2.22. The second-order valence-electron chi connectivity index (χ2n) is 5.56. The molecule has 0 aliphatic carbocycles. The van der Waals surface area contributed by atoms with Crippen molar-refractivity contribution in [2.45, 2.75) is 20.3 Å². The lowest BCUT2D eigenvalue weighted by atomic mass is 10.0. The first-order valence-electron chi connectivity index (χ1n) is 7.90. The second-order valence-corrected chi connectivity index (χ2v) is 5.56. The zero-order chi connectivity index (χ0) is 16.8. The van der Waals surface area contributed by atoms with Gasteiger partial charge in [-0.2, -0.15) is 0 Å². The van der Waals surface area contributed by atoms with Gasteiger partial charge >= 0.3 is 0 Å². The van der Waals surface area contributed by atoms with E-state index in [1.165, 1.54) is 0 Å². The molecule has 1 aromatic carbocycles. The van der Waals surface area contributed by atoms with Gasteiger partial charge in [0, 0.05) is 24.3 Å². The van der Waals surface area contributed by atoms with Gasteiger partial charge in [-0.3, -0.25) is 4.79 Å². The molecule has 1 aromatic heterocycles. The Labute approximate surface area is 138 Å². The Balaban J connectivity index is 2.39. The second kappa shape index (κ2) is 7.63. The molecule has 3 nitrogen and oxygen atoms in total. The zero-order valence-electron chi connectivity index (χ0n) is 13.9. The van der Waals surface area contributed by atoms with Crippen molar-refractivity contribution in [2.75, 3.05) is 18.0 Å². The summed E-state index contributed by atoms with van der Waals surface area (Å²) in [4.78, 5) is 17.1. The highest BCUT2D eigenvalue weighted by Gasteiger charge is 2.09. The normalized spacial score (nSPS) is 10.3. The third-order valence-electron chi connectivity index (χ3n) is 3.91. The molecule has 0 bridgehead atoms. The van der Waals surface area contributed by atoms with Crippen molar-refractivity contribution >= 4 is 5.69 Å². The Morgan fingerprint density at radius 2 is 1.74 bits per heavy atom. The summed E-state index contributed by atoms with van der Waals surface area (Å²) >= 11 is 0. The van der Waals surface area contributed by atoms with Crippen LogP contribution < -0.4 is 10.5 Å². The van der Waals surface area contributed by atoms with E-state index in [0.717, 1.165) is 47.6 Å². The van der Waals surface area contributed by atoms with E-state index in [0.29, 0.717) is 0 Å². The van der Waals surface area contributed by atoms with Gasteiger partial charge in [0.25, 0.3) is 5.56 Å². The first-order valence-corrected chi connectivity index (χ1v) is 7.90. The Kier molecular flexibility index (Phi) is 5.58. The molecule has 0 aliphatic rings. The van der Waals surface area contributed by atoms with Crippen LogP contribution in [0.25, 0.3) is 11.3 Å². The molecule has 2 aromatic rings. The number of hydrogen-bond acceptors (Lipinski definition) is 2. The number of aromatic nitrogens is 1. The topological polar surface area (TPSA) is 36.1 Å². The fourth-order valence-corrected chi connectivity index (χ4v) is 2.66. The summed E-state index contributed by atoms with van der Waals surface area (Å²) in [6, 6.07) is 10.2. The highest BCUT2D eigenvalue weighted by molar-refractivity contribution is 5.66. The quantitative estimate of drug-likeness (QED) is 0.782. The predicted octanol–water partition coefficient (Wildman–Crippen LogP) is 4.09. The van der Waals surface area contributed by atoms with Gasteiger partial charge in [-0.05, 0) is 42.7 Å². The van der Waals surface area contributed by atoms with Crippen LogP contribution in [0, 0.1) is 6.92 Å². The molecule has 0 fully saturated rings. The van der Waals surface area contributed by atoms with Gasteiger partial charge < -0.3 is 9.88 Å². The molecule has 23 heavy (non-hydrogen) atoms. The van der Waals surface area contributed by atoms with Crippen molar-refractivity contribution < 1.29 is 0 Å². The van der Waals surface area contributed by atoms with E-state index in [2.05, 4.69) is 42.1 Å². The maximum Gasteiger partial charge on any atom is 0.251 e. The predicted molar refractivity (Wildman–Crippen MR) is 99.2 cm³/mol. The molecule has 0 aliphatic heterocycles. The SMILES string of the molecule is C=CCN(CC=C)c1ccc(-c2[nH]c(=O)c(C)cc2CC)cc1. The highest BCUT2D eigenvalue weighted by Crippen LogP contribution is 2.24. The molecule has 1 heterocycles. The van der Waals surface area contributed by atoms with Gasteiger partial charge in [-0.25, -0.2) is 0 Å². The van der Waals surface area contributed by atoms with Crippen LogP contribution in [0.15, 0.2) is 60.4 Å². The zero-order valence-corrected chi connectivity index (χ0v) is 13.9. The van der Waals surface area contributed by atoms with Gasteiger partial charge in [0.1, 0.15) is 0 Å². The largest absolute Gasteiger partial charge is 0.364 e. The molecule has 0 radical (unpaired) electrons. The Bertz CT molecular complexity index is 731. The minimum Gasteiger partial charge on any atom is -0.364 e. The number of rotatable bonds is 7. The standard InChI is InChI=1S/C20H24N2O/c1-5-12-22(13-6-2)18-10-8-17(9-11-18)19-16(7-3)14-15(4)20(23)21-19/h5-6,8-11,14H,1-2,7,12-13H2,3-4H3,(H,21,23). The number of anilines is 1. The summed E-state index contributed by atoms with van der Waals surface area (Å²) in [5, 5.41) is 0. The molecular formula is C20H24N2O. The minimum atomic E-state index is -0.0267. The van der Waals surface area contributed by atoms with Crippen LogP contribution in [0.4, 0.5) is 5.69 Å². The first-order chi connectivity index (χ1) is 11.1. The molecule has 120 valence electrons. The fourth-order valence-electron chi connectivity index (χ4n) is 2.66. The lowest BCUT2D eigenvalue weighted by molar-refractivity contribution is 0.957. The molecule has 0 unspecified atom stereocenters. The van der Waals surface area contributed by atoms with Crippen LogP contribution in [0.1, 0.15) is 18.1 Å². The van der Waals surface area contributed by atoms with Crippen molar-refractivity contribution in [3.63, 3.8) is 0 Å². The van der Waals surface area contributed by atoms with E-state index >= 15 is 0 Å². The average molecular weight is 308 g/mol. The fraction of sp³-hybridized carbons (Fsp3) is 0.250. The van der Waals surface area contributed by atoms with Gasteiger partial charge in [-0.1, -0.05) is 31.2 Å². The summed E-state index contributed by atoms with van der Waals surface area (Å²) in [5.74, 6) is 0. The summed E-state index contributed by atoms with van der Waals surface area (Å²) in [6.45, 7) is 13.1. The maximum atomic E-state index is 11.9. The van der Waals surface area contributed by atoms with Crippen LogP contribution >= 0.6 is 0 Å². The molecule has 0 saturated carbocycles. The third-order valence-corrected chi connectivity index (χ3v) is 3.91. The molecule has 0 saturated heterocycles. The number of H-pyrrole nitrogens is 1. The van der Waals surface area contributed by atoms with Crippen molar-refractivity contribution in [3.05, 3.63) is 77.1 Å². The van der Waals surface area contributed by atoms with Gasteiger partial charge in [0.15, 0.2) is 0 Å². The van der Waals surface area contributed by atoms with E-state index in [9.17, 15) is 4.79 Å². The molecule has 2 rings (SSSR count). The average Bonchev–Trinajstić information content (AvgIpc) is 2.57. The van der Waals surface area contributed by atoms with Gasteiger partial charge in [0.05, 0.1) is 5.69 Å². The van der Waals surface area contributed by atoms with Crippen LogP contribution in [0.3, 0.4) is 0 Å². The Hall–Kier alpha value is -2.55. The Morgan fingerprint density at radius 3 is 2.26 bits per heavy atom. The molecule has 0 spiro atoms. The molecule has 1 N–H and O–H groups in total. The van der Waals surface area contributed by atoms with E-state index < -0.39 is 0 Å². The Morgan fingerprint density at radius 1 is 1.13 bits per heavy atom. The number of nitrogens with zero attached hydrogens (tertiary/aromatic N) is 1. The molecule has 0 amide bonds. The van der Waals surface area contributed by atoms with Crippen molar-refractivity contribution in [2.24, 2.45) is 0 Å². The van der Waals surface area contributed by atoms with E-state index in [1.54, 1.807) is 0 Å². The summed E-state index contributed by atoms with van der Waals surface area (Å²) in [6.07, 6.45) is 4.64. The van der Waals surface area contributed by atoms with Crippen LogP contribution in [-0.2, 0) is 6.42 Å². The van der Waals surface area contributed by atoms with Crippen LogP contribution in [0.2, 0.25) is 0 Å². The molecular weight excluding hydrogens is 284 g/mol. The van der Waals surface area contributed by atoms with Crippen LogP contribution in [-0.4, -0.2) is 18.1 Å². The molecule has 0 atom stereocenters. The summed E-state index contributed by atoms with van der Waals surface area (Å²) in [7, 11) is 0. The third kappa shape index (κ3) is 3.81. The lowest BCUT2D eigenvalue weighted by Crippen LogP contribution is -2.22. The van der Waals surface area contributed by atoms with E-state index in [1.807, 2.05) is 37.3 Å². The van der Waals surface area contributed by atoms with Crippen molar-refractivity contribution in [3.8, 4) is 11.3 Å². The summed E-state index contributed by atoms with van der Waals surface area (Å²) < 4.78 is 0. The number of pyridine rings is 1. The smallest absolute Gasteiger partial charge is 0.251 e.